The highest BCUT2D eigenvalue weighted by Crippen LogP contribution is 2.22. The Labute approximate surface area is 106 Å². The van der Waals surface area contributed by atoms with E-state index in [1.165, 1.54) is 0 Å². The normalized spacial score (nSPS) is 14.4. The number of nitrogens with two attached hydrogens (primary N) is 1. The first-order valence-electron chi connectivity index (χ1n) is 6.01. The van der Waals surface area contributed by atoms with Crippen LogP contribution in [0.1, 0.15) is 38.0 Å². The van der Waals surface area contributed by atoms with Crippen LogP contribution in [0.5, 0.6) is 0 Å². The zero-order chi connectivity index (χ0) is 13.1. The second kappa shape index (κ2) is 5.22. The molecule has 0 spiro atoms. The second-order valence-electron chi connectivity index (χ2n) is 4.36. The van der Waals surface area contributed by atoms with E-state index in [4.69, 9.17) is 10.3 Å². The quantitative estimate of drug-likeness (QED) is 0.887. The molecule has 96 valence electrons. The summed E-state index contributed by atoms with van der Waals surface area (Å²) in [4.78, 5) is 12.6. The summed E-state index contributed by atoms with van der Waals surface area (Å²) in [6.07, 6.45) is 2.63. The van der Waals surface area contributed by atoms with Gasteiger partial charge in [-0.3, -0.25) is 0 Å². The standard InChI is InChI=1S/C12H17N5O/c1-4-7(2)10(13)12-16-11(17-18-12)9-5-6-14-8(3)15-9/h5-7,10H,4,13H2,1-3H3/t7?,10-/m0/s1. The molecule has 2 atom stereocenters. The first-order valence-corrected chi connectivity index (χ1v) is 6.01. The van der Waals surface area contributed by atoms with Gasteiger partial charge in [0.2, 0.25) is 11.7 Å². The van der Waals surface area contributed by atoms with Crippen LogP contribution in [0.2, 0.25) is 0 Å². The Balaban J connectivity index is 2.25. The molecule has 0 bridgehead atoms. The predicted molar refractivity (Wildman–Crippen MR) is 66.4 cm³/mol. The molecule has 0 saturated carbocycles. The molecule has 18 heavy (non-hydrogen) atoms. The zero-order valence-electron chi connectivity index (χ0n) is 10.8. The van der Waals surface area contributed by atoms with Gasteiger partial charge in [0.1, 0.15) is 11.5 Å². The Morgan fingerprint density at radius 1 is 1.39 bits per heavy atom. The SMILES string of the molecule is CCC(C)[C@H](N)c1nc(-c2ccnc(C)n2)no1. The third kappa shape index (κ3) is 2.53. The molecule has 2 rings (SSSR count). The van der Waals surface area contributed by atoms with Gasteiger partial charge in [0, 0.05) is 6.20 Å². The smallest absolute Gasteiger partial charge is 0.244 e. The molecule has 0 saturated heterocycles. The van der Waals surface area contributed by atoms with Crippen molar-refractivity contribution in [2.24, 2.45) is 11.7 Å². The van der Waals surface area contributed by atoms with Gasteiger partial charge in [0.15, 0.2) is 0 Å². The van der Waals surface area contributed by atoms with E-state index >= 15 is 0 Å². The fraction of sp³-hybridized carbons (Fsp3) is 0.500. The lowest BCUT2D eigenvalue weighted by atomic mass is 10.0. The molecular weight excluding hydrogens is 230 g/mol. The number of aryl methyl sites for hydroxylation is 1. The molecule has 0 radical (unpaired) electrons. The molecule has 0 aliphatic carbocycles. The van der Waals surface area contributed by atoms with E-state index in [2.05, 4.69) is 34.0 Å². The predicted octanol–water partition coefficient (Wildman–Crippen LogP) is 1.88. The summed E-state index contributed by atoms with van der Waals surface area (Å²) in [5.74, 6) is 1.88. The van der Waals surface area contributed by atoms with Gasteiger partial charge in [0.05, 0.1) is 6.04 Å². The van der Waals surface area contributed by atoms with Gasteiger partial charge in [-0.25, -0.2) is 9.97 Å². The summed E-state index contributed by atoms with van der Waals surface area (Å²) in [6.45, 7) is 5.95. The van der Waals surface area contributed by atoms with Crippen molar-refractivity contribution >= 4 is 0 Å². The molecule has 2 aromatic heterocycles. The van der Waals surface area contributed by atoms with Crippen molar-refractivity contribution in [3.05, 3.63) is 24.0 Å². The maximum Gasteiger partial charge on any atom is 0.244 e. The minimum Gasteiger partial charge on any atom is -0.337 e. The van der Waals surface area contributed by atoms with Crippen molar-refractivity contribution in [2.75, 3.05) is 0 Å². The molecule has 0 fully saturated rings. The molecule has 0 aliphatic heterocycles. The number of hydrogen-bond donors (Lipinski definition) is 1. The van der Waals surface area contributed by atoms with Crippen LogP contribution in [0.3, 0.4) is 0 Å². The van der Waals surface area contributed by atoms with Crippen LogP contribution in [0.25, 0.3) is 11.5 Å². The van der Waals surface area contributed by atoms with E-state index in [9.17, 15) is 0 Å². The number of hydrogen-bond acceptors (Lipinski definition) is 6. The number of aromatic nitrogens is 4. The van der Waals surface area contributed by atoms with E-state index in [1.807, 2.05) is 6.92 Å². The Hall–Kier alpha value is -1.82. The summed E-state index contributed by atoms with van der Waals surface area (Å²) in [5.41, 5.74) is 6.69. The minimum absolute atomic E-state index is 0.237. The van der Waals surface area contributed by atoms with E-state index in [0.29, 0.717) is 29.2 Å². The highest BCUT2D eigenvalue weighted by Gasteiger charge is 2.20. The van der Waals surface area contributed by atoms with Gasteiger partial charge in [-0.2, -0.15) is 4.98 Å². The molecule has 2 N–H and O–H groups in total. The minimum atomic E-state index is -0.237. The molecular formula is C12H17N5O. The van der Waals surface area contributed by atoms with Gasteiger partial charge in [-0.05, 0) is 18.9 Å². The van der Waals surface area contributed by atoms with E-state index in [0.717, 1.165) is 6.42 Å². The molecule has 1 unspecified atom stereocenters. The van der Waals surface area contributed by atoms with Crippen LogP contribution in [0.15, 0.2) is 16.8 Å². The van der Waals surface area contributed by atoms with Gasteiger partial charge >= 0.3 is 0 Å². The Morgan fingerprint density at radius 3 is 2.83 bits per heavy atom. The molecule has 2 heterocycles. The first kappa shape index (κ1) is 12.6. The maximum atomic E-state index is 6.04. The summed E-state index contributed by atoms with van der Waals surface area (Å²) >= 11 is 0. The van der Waals surface area contributed by atoms with Crippen molar-refractivity contribution in [1.82, 2.24) is 20.1 Å². The third-order valence-electron chi connectivity index (χ3n) is 2.99. The fourth-order valence-electron chi connectivity index (χ4n) is 1.55. The van der Waals surface area contributed by atoms with Gasteiger partial charge < -0.3 is 10.3 Å². The van der Waals surface area contributed by atoms with Crippen molar-refractivity contribution in [3.63, 3.8) is 0 Å². The van der Waals surface area contributed by atoms with Crippen molar-refractivity contribution in [2.45, 2.75) is 33.2 Å². The largest absolute Gasteiger partial charge is 0.337 e. The van der Waals surface area contributed by atoms with E-state index in [-0.39, 0.29) is 6.04 Å². The molecule has 0 aliphatic rings. The highest BCUT2D eigenvalue weighted by molar-refractivity contribution is 5.47. The Kier molecular flexibility index (Phi) is 3.66. The van der Waals surface area contributed by atoms with Crippen LogP contribution >= 0.6 is 0 Å². The molecule has 2 aromatic rings. The average Bonchev–Trinajstić information content (AvgIpc) is 2.86. The lowest BCUT2D eigenvalue weighted by Crippen LogP contribution is -2.18. The van der Waals surface area contributed by atoms with Crippen LogP contribution in [0.4, 0.5) is 0 Å². The summed E-state index contributed by atoms with van der Waals surface area (Å²) in [6, 6.07) is 1.51. The summed E-state index contributed by atoms with van der Waals surface area (Å²) < 4.78 is 5.20. The molecule has 6 heteroatoms. The van der Waals surface area contributed by atoms with Crippen LogP contribution in [-0.4, -0.2) is 20.1 Å². The van der Waals surface area contributed by atoms with Gasteiger partial charge in [0.25, 0.3) is 0 Å². The van der Waals surface area contributed by atoms with Crippen LogP contribution < -0.4 is 5.73 Å². The Bertz CT molecular complexity index is 525. The van der Waals surface area contributed by atoms with E-state index in [1.54, 1.807) is 12.3 Å². The Morgan fingerprint density at radius 2 is 2.17 bits per heavy atom. The van der Waals surface area contributed by atoms with Crippen LogP contribution in [-0.2, 0) is 0 Å². The average molecular weight is 247 g/mol. The topological polar surface area (TPSA) is 90.7 Å². The highest BCUT2D eigenvalue weighted by atomic mass is 16.5. The van der Waals surface area contributed by atoms with Crippen molar-refractivity contribution < 1.29 is 4.52 Å². The molecule has 0 amide bonds. The lowest BCUT2D eigenvalue weighted by molar-refractivity contribution is 0.312. The summed E-state index contributed by atoms with van der Waals surface area (Å²) in [7, 11) is 0. The van der Waals surface area contributed by atoms with Crippen LogP contribution in [0, 0.1) is 12.8 Å². The monoisotopic (exact) mass is 247 g/mol. The summed E-state index contributed by atoms with van der Waals surface area (Å²) in [5, 5.41) is 3.91. The second-order valence-corrected chi connectivity index (χ2v) is 4.36. The van der Waals surface area contributed by atoms with Gasteiger partial charge in [-0.15, -0.1) is 0 Å². The third-order valence-corrected chi connectivity index (χ3v) is 2.99. The lowest BCUT2D eigenvalue weighted by Gasteiger charge is -2.12. The number of nitrogens with zero attached hydrogens (tertiary/aromatic N) is 4. The maximum absolute atomic E-state index is 6.04. The van der Waals surface area contributed by atoms with E-state index < -0.39 is 0 Å². The zero-order valence-corrected chi connectivity index (χ0v) is 10.8. The number of rotatable bonds is 4. The molecule has 0 aromatic carbocycles. The first-order chi connectivity index (χ1) is 8.61. The van der Waals surface area contributed by atoms with Crippen molar-refractivity contribution in [3.8, 4) is 11.5 Å². The fourth-order valence-corrected chi connectivity index (χ4v) is 1.55. The molecule has 6 nitrogen and oxygen atoms in total. The van der Waals surface area contributed by atoms with Gasteiger partial charge in [-0.1, -0.05) is 25.4 Å². The van der Waals surface area contributed by atoms with Crippen molar-refractivity contribution in [1.29, 1.82) is 0 Å².